The highest BCUT2D eigenvalue weighted by molar-refractivity contribution is 5.93. The number of hydrogen-bond acceptors (Lipinski definition) is 4. The summed E-state index contributed by atoms with van der Waals surface area (Å²) in [5, 5.41) is 14.1. The summed E-state index contributed by atoms with van der Waals surface area (Å²) >= 11 is 0. The molecule has 0 spiro atoms. The van der Waals surface area contributed by atoms with Crippen LogP contribution < -0.4 is 10.0 Å². The molecule has 1 amide bonds. The van der Waals surface area contributed by atoms with E-state index in [1.807, 2.05) is 0 Å². The summed E-state index contributed by atoms with van der Waals surface area (Å²) in [6.45, 7) is 3.21. The van der Waals surface area contributed by atoms with Gasteiger partial charge >= 0.3 is 0 Å². The lowest BCUT2D eigenvalue weighted by Gasteiger charge is -2.40. The summed E-state index contributed by atoms with van der Waals surface area (Å²) in [6, 6.07) is 4.68. The molecule has 28 heavy (non-hydrogen) atoms. The van der Waals surface area contributed by atoms with E-state index < -0.39 is 36.0 Å². The highest BCUT2D eigenvalue weighted by Crippen LogP contribution is 2.40. The number of pyridine rings is 2. The van der Waals surface area contributed by atoms with Gasteiger partial charge in [-0.1, -0.05) is 0 Å². The van der Waals surface area contributed by atoms with E-state index in [4.69, 9.17) is 0 Å². The zero-order valence-electron chi connectivity index (χ0n) is 15.5. The number of carbonyl (C=O) groups is 1. The molecule has 2 atom stereocenters. The molecular formula is C19H21F3N4O2. The average Bonchev–Trinajstić information content (AvgIpc) is 2.65. The number of anilines is 1. The van der Waals surface area contributed by atoms with Crippen LogP contribution in [-0.4, -0.2) is 40.8 Å². The minimum Gasteiger partial charge on any atom is -0.619 e. The summed E-state index contributed by atoms with van der Waals surface area (Å²) in [5.74, 6) is -4.81. The Hall–Kier alpha value is -2.68. The Kier molecular flexibility index (Phi) is 5.55. The van der Waals surface area contributed by atoms with Crippen LogP contribution in [0.4, 0.5) is 19.0 Å². The molecule has 9 heteroatoms. The number of amides is 1. The molecule has 1 aliphatic rings. The van der Waals surface area contributed by atoms with Gasteiger partial charge in [-0.05, 0) is 24.6 Å². The number of nitrogens with zero attached hydrogens (tertiary/aromatic N) is 3. The Morgan fingerprint density at radius 3 is 2.82 bits per heavy atom. The van der Waals surface area contributed by atoms with Gasteiger partial charge in [0.15, 0.2) is 11.9 Å². The van der Waals surface area contributed by atoms with Crippen LogP contribution in [0.25, 0.3) is 0 Å². The van der Waals surface area contributed by atoms with Crippen LogP contribution in [-0.2, 0) is 4.79 Å². The van der Waals surface area contributed by atoms with Gasteiger partial charge < -0.3 is 10.5 Å². The quantitative estimate of drug-likeness (QED) is 0.639. The smallest absolute Gasteiger partial charge is 0.257 e. The predicted octanol–water partition coefficient (Wildman–Crippen LogP) is 2.61. The van der Waals surface area contributed by atoms with Crippen molar-refractivity contribution in [1.82, 2.24) is 9.88 Å². The zero-order valence-corrected chi connectivity index (χ0v) is 15.5. The Balaban J connectivity index is 1.74. The molecule has 2 unspecified atom stereocenters. The van der Waals surface area contributed by atoms with Gasteiger partial charge in [0.2, 0.25) is 5.91 Å². The van der Waals surface area contributed by atoms with Crippen molar-refractivity contribution in [1.29, 1.82) is 0 Å². The second-order valence-corrected chi connectivity index (χ2v) is 7.01. The van der Waals surface area contributed by atoms with Crippen LogP contribution in [0.3, 0.4) is 0 Å². The minimum atomic E-state index is -2.94. The molecule has 1 saturated heterocycles. The monoisotopic (exact) mass is 394 g/mol. The van der Waals surface area contributed by atoms with E-state index in [0.717, 1.165) is 6.20 Å². The number of likely N-dealkylation sites (tertiary alicyclic amines) is 1. The Morgan fingerprint density at radius 1 is 1.43 bits per heavy atom. The molecular weight excluding hydrogens is 373 g/mol. The second kappa shape index (κ2) is 7.75. The minimum absolute atomic E-state index is 0.0270. The highest BCUT2D eigenvalue weighted by atomic mass is 19.3. The van der Waals surface area contributed by atoms with Crippen molar-refractivity contribution < 1.29 is 22.7 Å². The van der Waals surface area contributed by atoms with Crippen LogP contribution in [0, 0.1) is 17.9 Å². The maximum atomic E-state index is 14.6. The molecule has 6 nitrogen and oxygen atoms in total. The largest absolute Gasteiger partial charge is 0.619 e. The molecule has 0 aromatic carbocycles. The van der Waals surface area contributed by atoms with E-state index in [1.54, 1.807) is 18.7 Å². The SMILES string of the molecule is Cc1cc(C2CN(C(C)C(=O)Nc3ccc(F)cn3)CCC2(F)F)cc[n+]1[O-]. The molecule has 1 aliphatic heterocycles. The second-order valence-electron chi connectivity index (χ2n) is 7.01. The number of piperidine rings is 1. The van der Waals surface area contributed by atoms with E-state index in [1.165, 1.54) is 30.5 Å². The fourth-order valence-electron chi connectivity index (χ4n) is 3.31. The van der Waals surface area contributed by atoms with Crippen molar-refractivity contribution in [3.8, 4) is 0 Å². The summed E-state index contributed by atoms with van der Waals surface area (Å²) in [6.07, 6.45) is 1.81. The topological polar surface area (TPSA) is 72.2 Å². The van der Waals surface area contributed by atoms with Crippen molar-refractivity contribution >= 4 is 11.7 Å². The molecule has 0 saturated carbocycles. The van der Waals surface area contributed by atoms with Gasteiger partial charge in [0, 0.05) is 38.6 Å². The molecule has 3 rings (SSSR count). The van der Waals surface area contributed by atoms with Crippen LogP contribution in [0.2, 0.25) is 0 Å². The standard InChI is InChI=1S/C19H21F3N4O2/c1-12-9-14(5-7-26(12)28)16-11-25(8-6-19(16,21)22)13(2)18(27)24-17-4-3-15(20)10-23-17/h3-5,7,9-10,13,16H,6,8,11H2,1-2H3,(H,23,24,27). The van der Waals surface area contributed by atoms with Crippen molar-refractivity contribution in [3.05, 3.63) is 58.9 Å². The van der Waals surface area contributed by atoms with Crippen LogP contribution in [0.5, 0.6) is 0 Å². The Labute approximate surface area is 160 Å². The Morgan fingerprint density at radius 2 is 2.18 bits per heavy atom. The lowest BCUT2D eigenvalue weighted by atomic mass is 9.86. The number of aryl methyl sites for hydroxylation is 1. The molecule has 1 N–H and O–H groups in total. The molecule has 0 radical (unpaired) electrons. The number of carbonyl (C=O) groups excluding carboxylic acids is 1. The van der Waals surface area contributed by atoms with Crippen molar-refractivity contribution in [2.45, 2.75) is 38.2 Å². The van der Waals surface area contributed by atoms with E-state index in [0.29, 0.717) is 16.0 Å². The summed E-state index contributed by atoms with van der Waals surface area (Å²) in [7, 11) is 0. The van der Waals surface area contributed by atoms with Gasteiger partial charge in [0.05, 0.1) is 18.2 Å². The van der Waals surface area contributed by atoms with E-state index in [2.05, 4.69) is 10.3 Å². The highest BCUT2D eigenvalue weighted by Gasteiger charge is 2.46. The van der Waals surface area contributed by atoms with Gasteiger partial charge in [-0.2, -0.15) is 4.73 Å². The predicted molar refractivity (Wildman–Crippen MR) is 96.3 cm³/mol. The van der Waals surface area contributed by atoms with E-state index >= 15 is 0 Å². The fourth-order valence-corrected chi connectivity index (χ4v) is 3.31. The lowest BCUT2D eigenvalue weighted by Crippen LogP contribution is -2.52. The lowest BCUT2D eigenvalue weighted by molar-refractivity contribution is -0.612. The summed E-state index contributed by atoms with van der Waals surface area (Å²) in [4.78, 5) is 17.9. The maximum Gasteiger partial charge on any atom is 0.257 e. The first-order chi connectivity index (χ1) is 13.2. The molecule has 2 aromatic rings. The van der Waals surface area contributed by atoms with Gasteiger partial charge in [-0.3, -0.25) is 9.69 Å². The molecule has 2 aromatic heterocycles. The van der Waals surface area contributed by atoms with Crippen molar-refractivity contribution in [2.24, 2.45) is 0 Å². The normalized spacial score (nSPS) is 20.5. The van der Waals surface area contributed by atoms with Gasteiger partial charge in [0.25, 0.3) is 5.92 Å². The number of nitrogens with one attached hydrogen (secondary N) is 1. The van der Waals surface area contributed by atoms with Crippen molar-refractivity contribution in [3.63, 3.8) is 0 Å². The summed E-state index contributed by atoms with van der Waals surface area (Å²) < 4.78 is 42.7. The first kappa shape index (κ1) is 20.1. The number of aromatic nitrogens is 2. The average molecular weight is 394 g/mol. The Bertz CT molecular complexity index is 861. The third kappa shape index (κ3) is 4.24. The van der Waals surface area contributed by atoms with Gasteiger partial charge in [-0.15, -0.1) is 0 Å². The van der Waals surface area contributed by atoms with Crippen LogP contribution in [0.15, 0.2) is 36.7 Å². The molecule has 150 valence electrons. The number of halogens is 3. The third-order valence-electron chi connectivity index (χ3n) is 5.09. The van der Waals surface area contributed by atoms with Gasteiger partial charge in [-0.25, -0.2) is 18.2 Å². The maximum absolute atomic E-state index is 14.6. The molecule has 0 bridgehead atoms. The first-order valence-electron chi connectivity index (χ1n) is 8.91. The van der Waals surface area contributed by atoms with E-state index in [-0.39, 0.29) is 18.9 Å². The summed E-state index contributed by atoms with van der Waals surface area (Å²) in [5.41, 5.74) is 0.700. The molecule has 1 fully saturated rings. The van der Waals surface area contributed by atoms with Crippen molar-refractivity contribution in [2.75, 3.05) is 18.4 Å². The van der Waals surface area contributed by atoms with Crippen LogP contribution in [0.1, 0.15) is 30.5 Å². The van der Waals surface area contributed by atoms with Gasteiger partial charge in [0.1, 0.15) is 11.6 Å². The first-order valence-corrected chi connectivity index (χ1v) is 8.91. The molecule has 0 aliphatic carbocycles. The fraction of sp³-hybridized carbons (Fsp3) is 0.421. The van der Waals surface area contributed by atoms with Crippen LogP contribution >= 0.6 is 0 Å². The number of alkyl halides is 2. The van der Waals surface area contributed by atoms with E-state index in [9.17, 15) is 23.2 Å². The molecule has 3 heterocycles. The third-order valence-corrected chi connectivity index (χ3v) is 5.09. The zero-order chi connectivity index (χ0) is 20.5. The number of rotatable bonds is 4. The number of hydrogen-bond donors (Lipinski definition) is 1.